The number of ether oxygens (including phenoxy) is 2. The number of nitriles is 1. The van der Waals surface area contributed by atoms with Crippen molar-refractivity contribution >= 4 is 0 Å². The molecule has 0 aromatic heterocycles. The van der Waals surface area contributed by atoms with E-state index < -0.39 is 0 Å². The van der Waals surface area contributed by atoms with Crippen molar-refractivity contribution in [1.29, 1.82) is 5.26 Å². The highest BCUT2D eigenvalue weighted by atomic mass is 16.5. The molecule has 1 aromatic rings. The third-order valence-electron chi connectivity index (χ3n) is 4.27. The van der Waals surface area contributed by atoms with E-state index in [9.17, 15) is 5.26 Å². The molecule has 21 heavy (non-hydrogen) atoms. The fourth-order valence-electron chi connectivity index (χ4n) is 2.92. The predicted octanol–water partition coefficient (Wildman–Crippen LogP) is 3.04. The maximum atomic E-state index is 9.50. The Morgan fingerprint density at radius 1 is 1.19 bits per heavy atom. The van der Waals surface area contributed by atoms with Crippen LogP contribution in [0.25, 0.3) is 0 Å². The molecule has 1 aromatic carbocycles. The normalized spacial score (nSPS) is 22.9. The van der Waals surface area contributed by atoms with Crippen molar-refractivity contribution < 1.29 is 9.47 Å². The van der Waals surface area contributed by atoms with Gasteiger partial charge in [0.25, 0.3) is 0 Å². The Kier molecular flexibility index (Phi) is 4.43. The zero-order valence-electron chi connectivity index (χ0n) is 13.5. The van der Waals surface area contributed by atoms with E-state index in [2.05, 4.69) is 31.7 Å². The fourth-order valence-corrected chi connectivity index (χ4v) is 2.92. The Hall–Kier alpha value is -1.73. The quantitative estimate of drug-likeness (QED) is 0.857. The van der Waals surface area contributed by atoms with Crippen molar-refractivity contribution in [3.63, 3.8) is 0 Å². The summed E-state index contributed by atoms with van der Waals surface area (Å²) in [5.41, 5.74) is 1.17. The van der Waals surface area contributed by atoms with Crippen LogP contribution in [0, 0.1) is 17.2 Å². The van der Waals surface area contributed by atoms with Crippen LogP contribution in [0.15, 0.2) is 18.2 Å². The predicted molar refractivity (Wildman–Crippen MR) is 82.7 cm³/mol. The molecule has 1 fully saturated rings. The lowest BCUT2D eigenvalue weighted by molar-refractivity contribution is 0.170. The van der Waals surface area contributed by atoms with Gasteiger partial charge in [-0.05, 0) is 26.8 Å². The summed E-state index contributed by atoms with van der Waals surface area (Å²) < 4.78 is 10.8. The van der Waals surface area contributed by atoms with Crippen LogP contribution < -0.4 is 9.47 Å². The number of likely N-dealkylation sites (tertiary alicyclic amines) is 1. The first-order valence-corrected chi connectivity index (χ1v) is 7.27. The smallest absolute Gasteiger partial charge is 0.126 e. The molecule has 0 unspecified atom stereocenters. The molecule has 0 N–H and O–H groups in total. The summed E-state index contributed by atoms with van der Waals surface area (Å²) in [5.74, 6) is 1.74. The molecule has 4 nitrogen and oxygen atoms in total. The zero-order chi connectivity index (χ0) is 15.6. The first kappa shape index (κ1) is 15.7. The number of hydrogen-bond donors (Lipinski definition) is 0. The van der Waals surface area contributed by atoms with Gasteiger partial charge in [0, 0.05) is 36.2 Å². The third-order valence-corrected chi connectivity index (χ3v) is 4.27. The molecule has 2 atom stereocenters. The monoisotopic (exact) mass is 288 g/mol. The minimum atomic E-state index is -0.00785. The van der Waals surface area contributed by atoms with Crippen LogP contribution in [0.3, 0.4) is 0 Å². The molecule has 0 saturated carbocycles. The molecular formula is C17H24N2O2. The van der Waals surface area contributed by atoms with Crippen molar-refractivity contribution in [3.8, 4) is 17.6 Å². The second-order valence-electron chi connectivity index (χ2n) is 6.53. The largest absolute Gasteiger partial charge is 0.497 e. The van der Waals surface area contributed by atoms with Crippen LogP contribution in [0.5, 0.6) is 11.5 Å². The molecule has 0 spiro atoms. The fraction of sp³-hybridized carbons (Fsp3) is 0.588. The Morgan fingerprint density at radius 3 is 2.43 bits per heavy atom. The average Bonchev–Trinajstić information content (AvgIpc) is 2.90. The number of methoxy groups -OCH3 is 2. The van der Waals surface area contributed by atoms with Crippen LogP contribution in [-0.4, -0.2) is 37.7 Å². The summed E-state index contributed by atoms with van der Waals surface area (Å²) in [6, 6.07) is 8.32. The maximum absolute atomic E-state index is 9.50. The van der Waals surface area contributed by atoms with Crippen LogP contribution >= 0.6 is 0 Å². The summed E-state index contributed by atoms with van der Waals surface area (Å²) in [5, 5.41) is 9.50. The SMILES string of the molecule is COc1ccc([C@H]2CN(C(C)(C)C)C[C@@H]2C#N)c(OC)c1. The van der Waals surface area contributed by atoms with E-state index in [0.29, 0.717) is 0 Å². The second kappa shape index (κ2) is 5.95. The van der Waals surface area contributed by atoms with E-state index in [1.54, 1.807) is 14.2 Å². The zero-order valence-corrected chi connectivity index (χ0v) is 13.5. The van der Waals surface area contributed by atoms with Crippen LogP contribution in [-0.2, 0) is 0 Å². The Morgan fingerprint density at radius 2 is 1.90 bits per heavy atom. The van der Waals surface area contributed by atoms with E-state index >= 15 is 0 Å². The third kappa shape index (κ3) is 3.14. The van der Waals surface area contributed by atoms with E-state index in [1.165, 1.54) is 0 Å². The van der Waals surface area contributed by atoms with Gasteiger partial charge in [0.05, 0.1) is 26.2 Å². The first-order valence-electron chi connectivity index (χ1n) is 7.27. The van der Waals surface area contributed by atoms with Gasteiger partial charge in [0.2, 0.25) is 0 Å². The molecule has 0 bridgehead atoms. The number of rotatable bonds is 3. The van der Waals surface area contributed by atoms with Gasteiger partial charge in [-0.15, -0.1) is 0 Å². The highest BCUT2D eigenvalue weighted by Crippen LogP contribution is 2.40. The van der Waals surface area contributed by atoms with Gasteiger partial charge in [-0.2, -0.15) is 5.26 Å². The van der Waals surface area contributed by atoms with Crippen molar-refractivity contribution in [2.45, 2.75) is 32.2 Å². The van der Waals surface area contributed by atoms with Gasteiger partial charge in [0.15, 0.2) is 0 Å². The second-order valence-corrected chi connectivity index (χ2v) is 6.53. The molecule has 1 saturated heterocycles. The molecule has 0 amide bonds. The van der Waals surface area contributed by atoms with Crippen molar-refractivity contribution in [2.24, 2.45) is 5.92 Å². The summed E-state index contributed by atoms with van der Waals surface area (Å²) in [7, 11) is 3.31. The number of benzene rings is 1. The van der Waals surface area contributed by atoms with E-state index in [4.69, 9.17) is 9.47 Å². The van der Waals surface area contributed by atoms with Gasteiger partial charge >= 0.3 is 0 Å². The Bertz CT molecular complexity index is 543. The van der Waals surface area contributed by atoms with E-state index in [1.807, 2.05) is 18.2 Å². The van der Waals surface area contributed by atoms with Crippen molar-refractivity contribution in [2.75, 3.05) is 27.3 Å². The first-order chi connectivity index (χ1) is 9.90. The topological polar surface area (TPSA) is 45.5 Å². The highest BCUT2D eigenvalue weighted by Gasteiger charge is 2.39. The van der Waals surface area contributed by atoms with Gasteiger partial charge in [0.1, 0.15) is 11.5 Å². The average molecular weight is 288 g/mol. The summed E-state index contributed by atoms with van der Waals surface area (Å²) in [6.07, 6.45) is 0. The molecule has 1 aliphatic rings. The minimum absolute atomic E-state index is 0.00785. The van der Waals surface area contributed by atoms with Gasteiger partial charge in [-0.1, -0.05) is 6.07 Å². The summed E-state index contributed by atoms with van der Waals surface area (Å²) >= 11 is 0. The molecule has 4 heteroatoms. The minimum Gasteiger partial charge on any atom is -0.497 e. The lowest BCUT2D eigenvalue weighted by atomic mass is 9.89. The summed E-state index contributed by atoms with van der Waals surface area (Å²) in [4.78, 5) is 2.37. The maximum Gasteiger partial charge on any atom is 0.126 e. The molecular weight excluding hydrogens is 264 g/mol. The van der Waals surface area contributed by atoms with Gasteiger partial charge < -0.3 is 9.47 Å². The summed E-state index contributed by atoms with van der Waals surface area (Å²) in [6.45, 7) is 8.25. The lowest BCUT2D eigenvalue weighted by Gasteiger charge is -2.31. The molecule has 2 rings (SSSR count). The molecule has 0 aliphatic carbocycles. The highest BCUT2D eigenvalue weighted by molar-refractivity contribution is 5.44. The molecule has 1 heterocycles. The molecule has 1 aliphatic heterocycles. The van der Waals surface area contributed by atoms with E-state index in [-0.39, 0.29) is 17.4 Å². The van der Waals surface area contributed by atoms with E-state index in [0.717, 1.165) is 30.2 Å². The number of hydrogen-bond acceptors (Lipinski definition) is 4. The van der Waals surface area contributed by atoms with Crippen LogP contribution in [0.4, 0.5) is 0 Å². The van der Waals surface area contributed by atoms with Crippen LogP contribution in [0.1, 0.15) is 32.3 Å². The van der Waals surface area contributed by atoms with Crippen molar-refractivity contribution in [1.82, 2.24) is 4.90 Å². The van der Waals surface area contributed by atoms with Gasteiger partial charge in [-0.25, -0.2) is 0 Å². The molecule has 114 valence electrons. The lowest BCUT2D eigenvalue weighted by Crippen LogP contribution is -2.39. The number of nitrogens with zero attached hydrogens (tertiary/aromatic N) is 2. The standard InChI is InChI=1S/C17H24N2O2/c1-17(2,3)19-10-12(9-18)15(11-19)14-7-6-13(20-4)8-16(14)21-5/h6-8,12,15H,10-11H2,1-5H3/t12-,15-/m0/s1. The van der Waals surface area contributed by atoms with Crippen molar-refractivity contribution in [3.05, 3.63) is 23.8 Å². The Labute approximate surface area is 127 Å². The Balaban J connectivity index is 2.34. The van der Waals surface area contributed by atoms with Gasteiger partial charge in [-0.3, -0.25) is 4.90 Å². The van der Waals surface area contributed by atoms with Crippen LogP contribution in [0.2, 0.25) is 0 Å². The molecule has 0 radical (unpaired) electrons.